The number of imide groups is 2. The maximum atomic E-state index is 15.4. The van der Waals surface area contributed by atoms with Crippen LogP contribution in [0.1, 0.15) is 93.7 Å². The van der Waals surface area contributed by atoms with Crippen molar-refractivity contribution in [2.24, 2.45) is 5.92 Å². The first-order chi connectivity index (χ1) is 29.2. The van der Waals surface area contributed by atoms with Crippen LogP contribution in [0, 0.1) is 23.1 Å². The first kappa shape index (κ1) is 41.6. The highest BCUT2D eigenvalue weighted by Crippen LogP contribution is 2.36. The van der Waals surface area contributed by atoms with Crippen molar-refractivity contribution in [1.82, 2.24) is 30.6 Å². The number of hydrogen-bond donors (Lipinski definition) is 2. The number of carbonyl (C=O) groups is 5. The number of ether oxygens (including phenoxy) is 1. The summed E-state index contributed by atoms with van der Waals surface area (Å²) in [5.41, 5.74) is -1.11. The zero-order valence-electron chi connectivity index (χ0n) is 33.0. The Morgan fingerprint density at radius 3 is 2.20 bits per heavy atom. The van der Waals surface area contributed by atoms with Crippen LogP contribution in [0.15, 0.2) is 42.5 Å². The van der Waals surface area contributed by atoms with Gasteiger partial charge in [-0.15, -0.1) is 10.2 Å². The number of benzene rings is 2. The fourth-order valence-corrected chi connectivity index (χ4v) is 8.92. The van der Waals surface area contributed by atoms with Crippen LogP contribution in [0.2, 0.25) is 0 Å². The van der Waals surface area contributed by atoms with Crippen LogP contribution in [-0.2, 0) is 15.8 Å². The molecule has 5 amide bonds. The predicted molar refractivity (Wildman–Crippen MR) is 209 cm³/mol. The fraction of sp³-hybridized carbons (Fsp3) is 0.476. The van der Waals surface area contributed by atoms with E-state index in [0.717, 1.165) is 55.6 Å². The standard InChI is InChI=1S/C42H43F4N9O6/c43-32-20-29-30(41(60)55(40(29)59)34-8-10-37(56)49-39(34)58)21-35(32)53-13-11-24(12-14-53)23-52-15-17-54(18-16-52)36-9-7-33(50-51-36)38(57)48-26-2-5-27(6-3-26)61-28-4-1-25(22-47)31(19-28)42(44,45)46/h1,4,7,9,19-21,24,26-27,34H,2-3,5-6,8,10-18,23H2,(H,48,57)(H,49,56,58)/t26-,27-,34?. The highest BCUT2D eigenvalue weighted by Gasteiger charge is 2.45. The fourth-order valence-electron chi connectivity index (χ4n) is 8.92. The second-order valence-corrected chi connectivity index (χ2v) is 16.2. The Kier molecular flexibility index (Phi) is 11.6. The number of amides is 5. The van der Waals surface area contributed by atoms with Gasteiger partial charge in [-0.25, -0.2) is 4.39 Å². The lowest BCUT2D eigenvalue weighted by Gasteiger charge is -2.39. The molecule has 4 aliphatic heterocycles. The van der Waals surface area contributed by atoms with Crippen LogP contribution < -0.4 is 25.2 Å². The van der Waals surface area contributed by atoms with Gasteiger partial charge < -0.3 is 19.9 Å². The van der Waals surface area contributed by atoms with Gasteiger partial charge >= 0.3 is 6.18 Å². The molecule has 1 unspecified atom stereocenters. The molecule has 0 radical (unpaired) electrons. The average Bonchev–Trinajstić information content (AvgIpc) is 3.48. The molecule has 1 aliphatic carbocycles. The lowest BCUT2D eigenvalue weighted by molar-refractivity contribution is -0.138. The zero-order valence-corrected chi connectivity index (χ0v) is 33.0. The third-order valence-electron chi connectivity index (χ3n) is 12.3. The molecule has 5 heterocycles. The summed E-state index contributed by atoms with van der Waals surface area (Å²) in [6.45, 7) is 5.03. The SMILES string of the molecule is N#Cc1ccc(O[C@H]2CC[C@H](NC(=O)c3ccc(N4CCN(CC5CCN(c6cc7c(cc6F)C(=O)N(C6CCC(=O)NC6=O)C7=O)CC5)CC4)nn3)CC2)cc1C(F)(F)F. The van der Waals surface area contributed by atoms with Gasteiger partial charge in [0.2, 0.25) is 11.8 Å². The molecule has 1 aromatic heterocycles. The Hall–Kier alpha value is -6.16. The van der Waals surface area contributed by atoms with Gasteiger partial charge in [0, 0.05) is 58.3 Å². The molecule has 0 spiro atoms. The van der Waals surface area contributed by atoms with Gasteiger partial charge in [-0.3, -0.25) is 39.1 Å². The molecule has 15 nitrogen and oxygen atoms in total. The summed E-state index contributed by atoms with van der Waals surface area (Å²) in [6, 6.07) is 9.51. The number of piperidine rings is 2. The number of nitrogens with zero attached hydrogens (tertiary/aromatic N) is 7. The van der Waals surface area contributed by atoms with E-state index in [0.29, 0.717) is 63.6 Å². The van der Waals surface area contributed by atoms with Crippen molar-refractivity contribution in [2.45, 2.75) is 75.7 Å². The van der Waals surface area contributed by atoms with Gasteiger partial charge in [-0.1, -0.05) is 0 Å². The van der Waals surface area contributed by atoms with E-state index >= 15 is 4.39 Å². The Labute approximate surface area is 348 Å². The number of halogens is 4. The van der Waals surface area contributed by atoms with Crippen molar-refractivity contribution in [1.29, 1.82) is 5.26 Å². The Balaban J connectivity index is 0.762. The number of anilines is 2. The minimum absolute atomic E-state index is 0.00108. The molecule has 3 saturated heterocycles. The zero-order chi connectivity index (χ0) is 43.0. The summed E-state index contributed by atoms with van der Waals surface area (Å²) < 4.78 is 61.3. The van der Waals surface area contributed by atoms with Crippen LogP contribution in [0.25, 0.3) is 0 Å². The summed E-state index contributed by atoms with van der Waals surface area (Å²) in [5, 5.41) is 22.7. The lowest BCUT2D eigenvalue weighted by Crippen LogP contribution is -2.54. The van der Waals surface area contributed by atoms with E-state index in [9.17, 15) is 37.1 Å². The van der Waals surface area contributed by atoms with E-state index in [1.807, 2.05) is 4.90 Å². The second-order valence-electron chi connectivity index (χ2n) is 16.2. The van der Waals surface area contributed by atoms with Gasteiger partial charge in [0.25, 0.3) is 17.7 Å². The largest absolute Gasteiger partial charge is 0.490 e. The minimum atomic E-state index is -4.67. The number of alkyl halides is 3. The van der Waals surface area contributed by atoms with E-state index in [1.54, 1.807) is 18.2 Å². The summed E-state index contributed by atoms with van der Waals surface area (Å²) in [4.78, 5) is 70.6. The topological polar surface area (TPSA) is 181 Å². The molecule has 1 saturated carbocycles. The molecule has 2 N–H and O–H groups in total. The molecule has 320 valence electrons. The maximum Gasteiger partial charge on any atom is 0.417 e. The van der Waals surface area contributed by atoms with Gasteiger partial charge in [-0.05, 0) is 93.3 Å². The van der Waals surface area contributed by atoms with Crippen molar-refractivity contribution in [2.75, 3.05) is 55.6 Å². The smallest absolute Gasteiger partial charge is 0.417 e. The van der Waals surface area contributed by atoms with Crippen LogP contribution in [0.5, 0.6) is 5.75 Å². The first-order valence-electron chi connectivity index (χ1n) is 20.5. The third kappa shape index (κ3) is 8.85. The molecule has 19 heteroatoms. The highest BCUT2D eigenvalue weighted by atomic mass is 19.4. The summed E-state index contributed by atoms with van der Waals surface area (Å²) in [6.07, 6.45) is -1.16. The second kappa shape index (κ2) is 17.1. The number of piperazine rings is 1. The summed E-state index contributed by atoms with van der Waals surface area (Å²) in [5.74, 6) is -2.49. The molecule has 1 atom stereocenters. The van der Waals surface area contributed by atoms with Crippen molar-refractivity contribution in [3.05, 3.63) is 76.2 Å². The molecular formula is C42H43F4N9O6. The first-order valence-corrected chi connectivity index (χ1v) is 20.5. The molecule has 5 aliphatic rings. The minimum Gasteiger partial charge on any atom is -0.490 e. The maximum absolute atomic E-state index is 15.4. The number of rotatable bonds is 9. The van der Waals surface area contributed by atoms with Gasteiger partial charge in [0.1, 0.15) is 17.6 Å². The number of nitriles is 1. The van der Waals surface area contributed by atoms with Gasteiger partial charge in [0.15, 0.2) is 11.5 Å². The normalized spacial score (nSPS) is 22.8. The Bertz CT molecular complexity index is 2260. The average molecular weight is 846 g/mol. The monoisotopic (exact) mass is 845 g/mol. The van der Waals surface area contributed by atoms with E-state index < -0.39 is 52.8 Å². The predicted octanol–water partition coefficient (Wildman–Crippen LogP) is 4.07. The molecule has 61 heavy (non-hydrogen) atoms. The Morgan fingerprint density at radius 1 is 0.852 bits per heavy atom. The highest BCUT2D eigenvalue weighted by molar-refractivity contribution is 6.23. The van der Waals surface area contributed by atoms with E-state index in [-0.39, 0.29) is 59.2 Å². The van der Waals surface area contributed by atoms with Gasteiger partial charge in [0.05, 0.1) is 40.1 Å². The quantitative estimate of drug-likeness (QED) is 0.233. The number of carbonyl (C=O) groups excluding carboxylic acids is 5. The molecule has 3 aromatic rings. The van der Waals surface area contributed by atoms with E-state index in [1.165, 1.54) is 12.1 Å². The number of fused-ring (bicyclic) bond motifs is 1. The van der Waals surface area contributed by atoms with Crippen LogP contribution in [0.4, 0.5) is 29.1 Å². The summed E-state index contributed by atoms with van der Waals surface area (Å²) >= 11 is 0. The van der Waals surface area contributed by atoms with Crippen LogP contribution >= 0.6 is 0 Å². The lowest BCUT2D eigenvalue weighted by atomic mass is 9.92. The van der Waals surface area contributed by atoms with Crippen molar-refractivity contribution < 1.29 is 46.3 Å². The molecule has 0 bridgehead atoms. The molecule has 8 rings (SSSR count). The van der Waals surface area contributed by atoms with Crippen molar-refractivity contribution in [3.8, 4) is 11.8 Å². The van der Waals surface area contributed by atoms with Crippen molar-refractivity contribution >= 4 is 41.0 Å². The van der Waals surface area contributed by atoms with Crippen molar-refractivity contribution in [3.63, 3.8) is 0 Å². The number of hydrogen-bond acceptors (Lipinski definition) is 12. The molecule has 2 aromatic carbocycles. The van der Waals surface area contributed by atoms with Crippen LogP contribution in [-0.4, -0.2) is 114 Å². The molecule has 4 fully saturated rings. The summed E-state index contributed by atoms with van der Waals surface area (Å²) in [7, 11) is 0. The van der Waals surface area contributed by atoms with Gasteiger partial charge in [-0.2, -0.15) is 18.4 Å². The Morgan fingerprint density at radius 2 is 1.56 bits per heavy atom. The number of aromatic nitrogens is 2. The number of nitrogens with one attached hydrogen (secondary N) is 2. The van der Waals surface area contributed by atoms with Crippen LogP contribution in [0.3, 0.4) is 0 Å². The molecular weight excluding hydrogens is 803 g/mol. The van der Waals surface area contributed by atoms with E-state index in [2.05, 4.69) is 30.6 Å². The third-order valence-corrected chi connectivity index (χ3v) is 12.3. The van der Waals surface area contributed by atoms with E-state index in [4.69, 9.17) is 10.00 Å².